The normalized spacial score (nSPS) is 10.7. The summed E-state index contributed by atoms with van der Waals surface area (Å²) in [5.74, 6) is 1.26. The van der Waals surface area contributed by atoms with Crippen LogP contribution in [0.1, 0.15) is 10.4 Å². The number of carbonyl (C=O) groups is 2. The van der Waals surface area contributed by atoms with Gasteiger partial charge in [-0.25, -0.2) is 4.79 Å². The summed E-state index contributed by atoms with van der Waals surface area (Å²) < 4.78 is 23.0. The quantitative estimate of drug-likeness (QED) is 0.219. The van der Waals surface area contributed by atoms with E-state index in [0.29, 0.717) is 49.9 Å². The molecule has 0 atom stereocenters. The average molecular weight is 555 g/mol. The van der Waals surface area contributed by atoms with Crippen molar-refractivity contribution in [2.45, 2.75) is 5.16 Å². The van der Waals surface area contributed by atoms with Gasteiger partial charge in [-0.1, -0.05) is 42.1 Å². The van der Waals surface area contributed by atoms with Crippen molar-refractivity contribution in [3.63, 3.8) is 0 Å². The second-order valence-electron chi connectivity index (χ2n) is 7.83. The molecule has 2 heterocycles. The Morgan fingerprint density at radius 1 is 0.974 bits per heavy atom. The van der Waals surface area contributed by atoms with Crippen LogP contribution in [0.15, 0.2) is 53.0 Å². The molecule has 0 radical (unpaired) electrons. The van der Waals surface area contributed by atoms with Gasteiger partial charge in [-0.15, -0.1) is 21.5 Å². The van der Waals surface area contributed by atoms with Crippen molar-refractivity contribution in [1.82, 2.24) is 14.8 Å². The predicted octanol–water partition coefficient (Wildman–Crippen LogP) is 4.75. The lowest BCUT2D eigenvalue weighted by molar-refractivity contribution is -0.113. The molecule has 0 fully saturated rings. The van der Waals surface area contributed by atoms with Gasteiger partial charge in [0.05, 0.1) is 34.2 Å². The summed E-state index contributed by atoms with van der Waals surface area (Å²) in [6.45, 7) is 0. The molecule has 4 rings (SSSR count). The van der Waals surface area contributed by atoms with Gasteiger partial charge in [0.25, 0.3) is 0 Å². The van der Waals surface area contributed by atoms with E-state index in [4.69, 9.17) is 18.9 Å². The number of esters is 1. The monoisotopic (exact) mass is 554 g/mol. The van der Waals surface area contributed by atoms with E-state index in [1.54, 1.807) is 38.0 Å². The SMILES string of the molecule is COC(=O)c1c(-c2ccccc2)csc1NC(=O)CSc1nnc(-c2cc(OC)c(OC)c(OC)c2)n1C. The summed E-state index contributed by atoms with van der Waals surface area (Å²) in [6.07, 6.45) is 0. The molecule has 38 heavy (non-hydrogen) atoms. The first-order valence-electron chi connectivity index (χ1n) is 11.3. The maximum Gasteiger partial charge on any atom is 0.341 e. The Morgan fingerprint density at radius 3 is 2.26 bits per heavy atom. The number of thiophene rings is 1. The molecule has 0 unspecified atom stereocenters. The lowest BCUT2D eigenvalue weighted by atomic mass is 10.0. The van der Waals surface area contributed by atoms with Crippen molar-refractivity contribution in [2.75, 3.05) is 39.5 Å². The third-order valence-electron chi connectivity index (χ3n) is 5.61. The molecule has 0 bridgehead atoms. The van der Waals surface area contributed by atoms with E-state index in [-0.39, 0.29) is 11.7 Å². The number of benzene rings is 2. The number of nitrogens with one attached hydrogen (secondary N) is 1. The lowest BCUT2D eigenvalue weighted by Crippen LogP contribution is -2.16. The summed E-state index contributed by atoms with van der Waals surface area (Å²) >= 11 is 2.49. The molecule has 4 aromatic rings. The van der Waals surface area contributed by atoms with Gasteiger partial charge in [-0.3, -0.25) is 4.79 Å². The minimum absolute atomic E-state index is 0.0560. The van der Waals surface area contributed by atoms with Crippen LogP contribution >= 0.6 is 23.1 Å². The maximum absolute atomic E-state index is 12.8. The summed E-state index contributed by atoms with van der Waals surface area (Å²) in [6, 6.07) is 13.0. The highest BCUT2D eigenvalue weighted by molar-refractivity contribution is 7.99. The van der Waals surface area contributed by atoms with E-state index in [0.717, 1.165) is 5.56 Å². The molecule has 0 spiro atoms. The van der Waals surface area contributed by atoms with E-state index in [2.05, 4.69) is 15.5 Å². The van der Waals surface area contributed by atoms with Gasteiger partial charge in [0, 0.05) is 23.6 Å². The van der Waals surface area contributed by atoms with Gasteiger partial charge < -0.3 is 28.8 Å². The molecule has 198 valence electrons. The largest absolute Gasteiger partial charge is 0.493 e. The summed E-state index contributed by atoms with van der Waals surface area (Å²) in [4.78, 5) is 25.4. The van der Waals surface area contributed by atoms with Gasteiger partial charge in [0.2, 0.25) is 11.7 Å². The molecule has 2 aromatic heterocycles. The van der Waals surface area contributed by atoms with Gasteiger partial charge in [0.15, 0.2) is 22.5 Å². The standard InChI is InChI=1S/C26H26N4O6S2/c1-30-23(16-11-18(33-2)22(35-4)19(12-16)34-3)28-29-26(30)38-14-20(31)27-24-21(25(32)36-5)17(13-37-24)15-9-7-6-8-10-15/h6-13H,14H2,1-5H3,(H,27,31). The molecule has 12 heteroatoms. The Balaban J connectivity index is 1.51. The second-order valence-corrected chi connectivity index (χ2v) is 9.65. The topological polar surface area (TPSA) is 114 Å². The Labute approximate surface area is 227 Å². The minimum Gasteiger partial charge on any atom is -0.493 e. The van der Waals surface area contributed by atoms with Gasteiger partial charge in [0.1, 0.15) is 10.6 Å². The van der Waals surface area contributed by atoms with E-state index in [9.17, 15) is 9.59 Å². The van der Waals surface area contributed by atoms with E-state index < -0.39 is 5.97 Å². The van der Waals surface area contributed by atoms with E-state index >= 15 is 0 Å². The zero-order chi connectivity index (χ0) is 27.2. The van der Waals surface area contributed by atoms with Crippen LogP contribution in [0.4, 0.5) is 5.00 Å². The molecular weight excluding hydrogens is 528 g/mol. The molecule has 10 nitrogen and oxygen atoms in total. The van der Waals surface area contributed by atoms with Crippen molar-refractivity contribution in [3.05, 3.63) is 53.4 Å². The van der Waals surface area contributed by atoms with Gasteiger partial charge in [-0.05, 0) is 17.7 Å². The maximum atomic E-state index is 12.8. The first kappa shape index (κ1) is 27.0. The molecule has 1 N–H and O–H groups in total. The number of anilines is 1. The Kier molecular flexibility index (Phi) is 8.54. The highest BCUT2D eigenvalue weighted by atomic mass is 32.2. The molecule has 0 aliphatic heterocycles. The van der Waals surface area contributed by atoms with Crippen molar-refractivity contribution in [1.29, 1.82) is 0 Å². The number of rotatable bonds is 10. The van der Waals surface area contributed by atoms with E-state index in [1.807, 2.05) is 35.7 Å². The number of carbonyl (C=O) groups excluding carboxylic acids is 2. The Hall–Kier alpha value is -4.03. The molecule has 0 saturated carbocycles. The van der Waals surface area contributed by atoms with Crippen LogP contribution in [0.5, 0.6) is 17.2 Å². The summed E-state index contributed by atoms with van der Waals surface area (Å²) in [5, 5.41) is 14.2. The fraction of sp³-hybridized carbons (Fsp3) is 0.231. The highest BCUT2D eigenvalue weighted by Crippen LogP contribution is 2.41. The number of hydrogen-bond acceptors (Lipinski definition) is 10. The highest BCUT2D eigenvalue weighted by Gasteiger charge is 2.23. The average Bonchev–Trinajstić information content (AvgIpc) is 3.54. The number of methoxy groups -OCH3 is 4. The number of hydrogen-bond donors (Lipinski definition) is 1. The molecule has 0 saturated heterocycles. The third-order valence-corrected chi connectivity index (χ3v) is 7.52. The summed E-state index contributed by atoms with van der Waals surface area (Å²) in [5.41, 5.74) is 2.59. The number of thioether (sulfide) groups is 1. The van der Waals surface area contributed by atoms with Crippen molar-refractivity contribution >= 4 is 40.0 Å². The smallest absolute Gasteiger partial charge is 0.341 e. The van der Waals surface area contributed by atoms with Crippen LogP contribution in [-0.4, -0.2) is 60.8 Å². The van der Waals surface area contributed by atoms with Crippen molar-refractivity contribution < 1.29 is 28.5 Å². The number of aromatic nitrogens is 3. The zero-order valence-corrected chi connectivity index (χ0v) is 23.1. The predicted molar refractivity (Wildman–Crippen MR) is 147 cm³/mol. The van der Waals surface area contributed by atoms with Crippen LogP contribution < -0.4 is 19.5 Å². The lowest BCUT2D eigenvalue weighted by Gasteiger charge is -2.14. The van der Waals surface area contributed by atoms with Crippen LogP contribution in [0, 0.1) is 0 Å². The molecular formula is C26H26N4O6S2. The second kappa shape index (κ2) is 12.0. The molecule has 1 amide bonds. The van der Waals surface area contributed by atoms with Crippen molar-refractivity contribution in [2.24, 2.45) is 7.05 Å². The van der Waals surface area contributed by atoms with Crippen LogP contribution in [0.3, 0.4) is 0 Å². The molecule has 0 aliphatic carbocycles. The number of nitrogens with zero attached hydrogens (tertiary/aromatic N) is 3. The van der Waals surface area contributed by atoms with Crippen LogP contribution in [0.2, 0.25) is 0 Å². The first-order valence-corrected chi connectivity index (χ1v) is 13.2. The fourth-order valence-corrected chi connectivity index (χ4v) is 5.46. The van der Waals surface area contributed by atoms with Crippen molar-refractivity contribution in [3.8, 4) is 39.8 Å². The fourth-order valence-electron chi connectivity index (χ4n) is 3.78. The number of ether oxygens (including phenoxy) is 4. The van der Waals surface area contributed by atoms with Gasteiger partial charge in [-0.2, -0.15) is 0 Å². The number of amides is 1. The Bertz CT molecular complexity index is 1430. The molecule has 2 aromatic carbocycles. The first-order chi connectivity index (χ1) is 18.4. The van der Waals surface area contributed by atoms with Crippen LogP contribution in [-0.2, 0) is 16.6 Å². The molecule has 0 aliphatic rings. The minimum atomic E-state index is -0.517. The third kappa shape index (κ3) is 5.46. The van der Waals surface area contributed by atoms with Crippen LogP contribution in [0.25, 0.3) is 22.5 Å². The zero-order valence-electron chi connectivity index (χ0n) is 21.4. The summed E-state index contributed by atoms with van der Waals surface area (Å²) in [7, 11) is 7.74. The van der Waals surface area contributed by atoms with Gasteiger partial charge >= 0.3 is 5.97 Å². The van der Waals surface area contributed by atoms with E-state index in [1.165, 1.54) is 37.3 Å². The Morgan fingerprint density at radius 2 is 1.66 bits per heavy atom.